The smallest absolute Gasteiger partial charge is 0.310 e. The Morgan fingerprint density at radius 3 is 2.68 bits per heavy atom. The average Bonchev–Trinajstić information content (AvgIpc) is 2.77. The highest BCUT2D eigenvalue weighted by atomic mass is 19.1. The number of anilines is 2. The van der Waals surface area contributed by atoms with Gasteiger partial charge in [-0.2, -0.15) is 9.37 Å². The summed E-state index contributed by atoms with van der Waals surface area (Å²) in [6.07, 6.45) is 7.23. The van der Waals surface area contributed by atoms with E-state index >= 15 is 0 Å². The Labute approximate surface area is 182 Å². The highest BCUT2D eigenvalue weighted by Crippen LogP contribution is 2.24. The topological polar surface area (TPSA) is 56.2 Å². The van der Waals surface area contributed by atoms with E-state index in [1.165, 1.54) is 16.7 Å². The van der Waals surface area contributed by atoms with Crippen LogP contribution >= 0.6 is 0 Å². The zero-order chi connectivity index (χ0) is 23.4. The molecule has 0 atom stereocenters. The van der Waals surface area contributed by atoms with Crippen molar-refractivity contribution < 1.29 is 13.5 Å². The fraction of sp³-hybridized carbons (Fsp3) is 0.333. The summed E-state index contributed by atoms with van der Waals surface area (Å²) in [7, 11) is 0. The molecule has 1 aromatic carbocycles. The van der Waals surface area contributed by atoms with E-state index < -0.39 is 11.4 Å². The van der Waals surface area contributed by atoms with Crippen LogP contribution in [0.3, 0.4) is 0 Å². The second-order valence-corrected chi connectivity index (χ2v) is 6.32. The fourth-order valence-corrected chi connectivity index (χ4v) is 2.41. The summed E-state index contributed by atoms with van der Waals surface area (Å²) < 4.78 is 34.5. The highest BCUT2D eigenvalue weighted by Gasteiger charge is 2.10. The van der Waals surface area contributed by atoms with Gasteiger partial charge < -0.3 is 14.6 Å². The first kappa shape index (κ1) is 25.8. The normalized spacial score (nSPS) is 11.9. The highest BCUT2D eigenvalue weighted by molar-refractivity contribution is 5.61. The maximum atomic E-state index is 13.8. The first-order valence-electron chi connectivity index (χ1n) is 10.3. The lowest BCUT2D eigenvalue weighted by atomic mass is 10.2. The van der Waals surface area contributed by atoms with Crippen molar-refractivity contribution in [3.8, 4) is 5.75 Å². The van der Waals surface area contributed by atoms with Crippen LogP contribution in [0.25, 0.3) is 0 Å². The second kappa shape index (κ2) is 13.2. The van der Waals surface area contributed by atoms with E-state index in [9.17, 15) is 13.6 Å². The van der Waals surface area contributed by atoms with Crippen molar-refractivity contribution in [3.63, 3.8) is 0 Å². The Kier molecular flexibility index (Phi) is 11.0. The number of halogens is 2. The molecule has 0 amide bonds. The summed E-state index contributed by atoms with van der Waals surface area (Å²) in [6, 6.07) is 5.49. The van der Waals surface area contributed by atoms with Gasteiger partial charge in [0, 0.05) is 24.5 Å². The fourth-order valence-electron chi connectivity index (χ4n) is 2.41. The number of allylic oxidation sites excluding steroid dienone is 6. The van der Waals surface area contributed by atoms with Crippen molar-refractivity contribution in [2.75, 3.05) is 11.9 Å². The Hall–Kier alpha value is -3.22. The minimum Gasteiger partial charge on any atom is -0.494 e. The molecule has 0 aliphatic rings. The number of nitrogens with one attached hydrogen (secondary N) is 1. The summed E-state index contributed by atoms with van der Waals surface area (Å²) in [5.74, 6) is -0.478. The van der Waals surface area contributed by atoms with Crippen molar-refractivity contribution in [1.29, 1.82) is 0 Å². The van der Waals surface area contributed by atoms with E-state index in [0.29, 0.717) is 23.6 Å². The van der Waals surface area contributed by atoms with Crippen LogP contribution in [0.4, 0.5) is 20.4 Å². The van der Waals surface area contributed by atoms with Gasteiger partial charge in [-0.05, 0) is 51.0 Å². The summed E-state index contributed by atoms with van der Waals surface area (Å²) in [4.78, 5) is 15.5. The molecule has 2 rings (SSSR count). The molecular weight excluding hydrogens is 400 g/mol. The molecule has 0 aliphatic heterocycles. The Bertz CT molecular complexity index is 1010. The summed E-state index contributed by atoms with van der Waals surface area (Å²) in [5, 5.41) is 3.06. The van der Waals surface area contributed by atoms with Gasteiger partial charge in [0.05, 0.1) is 6.61 Å². The number of aryl methyl sites for hydroxylation is 1. The summed E-state index contributed by atoms with van der Waals surface area (Å²) in [5.41, 5.74) is 1.15. The monoisotopic (exact) mass is 431 g/mol. The largest absolute Gasteiger partial charge is 0.494 e. The number of rotatable bonds is 8. The van der Waals surface area contributed by atoms with Crippen LogP contribution < -0.4 is 15.6 Å². The van der Waals surface area contributed by atoms with Crippen molar-refractivity contribution in [3.05, 3.63) is 81.8 Å². The van der Waals surface area contributed by atoms with Gasteiger partial charge >= 0.3 is 5.56 Å². The number of ether oxygens (including phenoxy) is 1. The molecule has 2 aromatic rings. The van der Waals surface area contributed by atoms with Crippen molar-refractivity contribution in [1.82, 2.24) is 9.55 Å². The van der Waals surface area contributed by atoms with Crippen molar-refractivity contribution in [2.24, 2.45) is 0 Å². The second-order valence-electron chi connectivity index (χ2n) is 6.32. The molecule has 0 fully saturated rings. The third kappa shape index (κ3) is 7.85. The van der Waals surface area contributed by atoms with Gasteiger partial charge in [-0.25, -0.2) is 4.39 Å². The van der Waals surface area contributed by atoms with Crippen molar-refractivity contribution in [2.45, 2.75) is 48.1 Å². The number of aromatic nitrogens is 2. The van der Waals surface area contributed by atoms with Crippen LogP contribution in [0, 0.1) is 12.7 Å². The van der Waals surface area contributed by atoms with Crippen LogP contribution in [0.15, 0.2) is 64.9 Å². The van der Waals surface area contributed by atoms with Crippen LogP contribution in [0.5, 0.6) is 5.75 Å². The van der Waals surface area contributed by atoms with Gasteiger partial charge in [-0.15, -0.1) is 0 Å². The van der Waals surface area contributed by atoms with E-state index in [4.69, 9.17) is 4.74 Å². The van der Waals surface area contributed by atoms with Gasteiger partial charge in [0.2, 0.25) is 11.8 Å². The molecule has 1 heterocycles. The average molecular weight is 432 g/mol. The molecule has 0 bridgehead atoms. The molecular formula is C24H31F2N3O2. The van der Waals surface area contributed by atoms with E-state index in [2.05, 4.69) is 10.3 Å². The minimum absolute atomic E-state index is 0.173. The summed E-state index contributed by atoms with van der Waals surface area (Å²) >= 11 is 0. The molecule has 0 saturated carbocycles. The SMILES string of the molecule is CC.C\C=C(C)/C(F)=C\C=C\Cn1cc(F)c(=O)nc1Nc1cc(OCC)ccc1C. The number of hydrogen-bond acceptors (Lipinski definition) is 4. The molecule has 1 N–H and O–H groups in total. The molecule has 0 unspecified atom stereocenters. The molecule has 168 valence electrons. The zero-order valence-corrected chi connectivity index (χ0v) is 19.0. The van der Waals surface area contributed by atoms with Gasteiger partial charge in [-0.3, -0.25) is 4.79 Å². The van der Waals surface area contributed by atoms with Crippen molar-refractivity contribution >= 4 is 11.6 Å². The first-order chi connectivity index (χ1) is 14.8. The minimum atomic E-state index is -0.963. The number of hydrogen-bond donors (Lipinski definition) is 1. The van der Waals surface area contributed by atoms with E-state index in [1.54, 1.807) is 32.1 Å². The Balaban J connectivity index is 0.00000233. The summed E-state index contributed by atoms with van der Waals surface area (Å²) in [6.45, 7) is 11.9. The predicted octanol–water partition coefficient (Wildman–Crippen LogP) is 6.24. The third-order valence-electron chi connectivity index (χ3n) is 4.21. The zero-order valence-electron chi connectivity index (χ0n) is 19.0. The van der Waals surface area contributed by atoms with Gasteiger partial charge in [-0.1, -0.05) is 38.1 Å². The van der Waals surface area contributed by atoms with E-state index in [1.807, 2.05) is 39.8 Å². The van der Waals surface area contributed by atoms with Gasteiger partial charge in [0.15, 0.2) is 0 Å². The quantitative estimate of drug-likeness (QED) is 0.503. The maximum Gasteiger partial charge on any atom is 0.310 e. The molecule has 0 radical (unpaired) electrons. The predicted molar refractivity (Wildman–Crippen MR) is 123 cm³/mol. The van der Waals surface area contributed by atoms with Crippen LogP contribution in [-0.2, 0) is 6.54 Å². The van der Waals surface area contributed by atoms with Gasteiger partial charge in [0.25, 0.3) is 0 Å². The third-order valence-corrected chi connectivity index (χ3v) is 4.21. The molecule has 0 saturated heterocycles. The van der Waals surface area contributed by atoms with E-state index in [0.717, 1.165) is 11.8 Å². The van der Waals surface area contributed by atoms with Gasteiger partial charge in [0.1, 0.15) is 11.6 Å². The molecule has 1 aromatic heterocycles. The molecule has 7 heteroatoms. The Morgan fingerprint density at radius 2 is 2.03 bits per heavy atom. The maximum absolute atomic E-state index is 13.8. The molecule has 31 heavy (non-hydrogen) atoms. The van der Waals surface area contributed by atoms with Crippen LogP contribution in [-0.4, -0.2) is 16.2 Å². The Morgan fingerprint density at radius 1 is 1.32 bits per heavy atom. The molecule has 0 aliphatic carbocycles. The lowest BCUT2D eigenvalue weighted by molar-refractivity contribution is 0.340. The van der Waals surface area contributed by atoms with Crippen LogP contribution in [0.2, 0.25) is 0 Å². The molecule has 5 nitrogen and oxygen atoms in total. The van der Waals surface area contributed by atoms with E-state index in [-0.39, 0.29) is 18.3 Å². The van der Waals surface area contributed by atoms with Crippen LogP contribution in [0.1, 0.15) is 40.2 Å². The first-order valence-corrected chi connectivity index (χ1v) is 10.3. The standard InChI is InChI=1S/C22H25F2N3O2.C2H6/c1-5-15(3)18(23)9-7-8-12-27-14-19(24)21(28)26-22(27)25-20-13-17(29-6-2)11-10-16(20)4;1-2/h5,7-11,13-14H,6,12H2,1-4H3,(H,25,26,28);1-2H3/b8-7+,15-5-,18-9+;. The number of nitrogens with zero attached hydrogens (tertiary/aromatic N) is 2. The molecule has 0 spiro atoms. The lowest BCUT2D eigenvalue weighted by Crippen LogP contribution is -2.19. The lowest BCUT2D eigenvalue weighted by Gasteiger charge is -2.15. The number of benzene rings is 1.